The minimum Gasteiger partial charge on any atom is -0.497 e. The second-order valence-corrected chi connectivity index (χ2v) is 7.76. The molecule has 0 amide bonds. The molecule has 5 nitrogen and oxygen atoms in total. The Kier molecular flexibility index (Phi) is 4.73. The third-order valence-corrected chi connectivity index (χ3v) is 6.59. The van der Waals surface area contributed by atoms with Gasteiger partial charge in [-0.15, -0.1) is 0 Å². The first-order valence-corrected chi connectivity index (χ1v) is 8.70. The van der Waals surface area contributed by atoms with Crippen molar-refractivity contribution in [3.8, 4) is 5.75 Å². The molecule has 2 rings (SSSR count). The van der Waals surface area contributed by atoms with Crippen LogP contribution in [0.2, 0.25) is 0 Å². The molecule has 0 aromatic heterocycles. The van der Waals surface area contributed by atoms with Crippen molar-refractivity contribution in [3.05, 3.63) is 22.7 Å². The molecule has 20 heavy (non-hydrogen) atoms. The third-order valence-electron chi connectivity index (χ3n) is 3.58. The first-order chi connectivity index (χ1) is 9.36. The number of halogens is 1. The molecule has 1 aromatic rings. The van der Waals surface area contributed by atoms with Gasteiger partial charge in [0.15, 0.2) is 0 Å². The number of benzene rings is 1. The molecule has 0 unspecified atom stereocenters. The van der Waals surface area contributed by atoms with Gasteiger partial charge < -0.3 is 10.5 Å². The van der Waals surface area contributed by atoms with Gasteiger partial charge in [-0.2, -0.15) is 4.31 Å². The minimum absolute atomic E-state index is 0.0743. The Morgan fingerprint density at radius 1 is 1.45 bits per heavy atom. The highest BCUT2D eigenvalue weighted by Crippen LogP contribution is 2.31. The number of methoxy groups -OCH3 is 1. The molecule has 0 bridgehead atoms. The SMILES string of the molecule is COc1ccc(Br)c(S(=O)(=O)N2CC[C@@H](N)C[C@@H]2C)c1. The van der Waals surface area contributed by atoms with Crippen LogP contribution in [0.3, 0.4) is 0 Å². The molecular weight excluding hydrogens is 344 g/mol. The summed E-state index contributed by atoms with van der Waals surface area (Å²) in [4.78, 5) is 0.235. The Balaban J connectivity index is 2.40. The maximum atomic E-state index is 12.8. The van der Waals surface area contributed by atoms with Crippen LogP contribution in [0.1, 0.15) is 19.8 Å². The normalized spacial score (nSPS) is 24.6. The lowest BCUT2D eigenvalue weighted by molar-refractivity contribution is 0.247. The molecule has 1 fully saturated rings. The molecule has 112 valence electrons. The van der Waals surface area contributed by atoms with E-state index in [1.165, 1.54) is 11.4 Å². The van der Waals surface area contributed by atoms with E-state index in [2.05, 4.69) is 15.9 Å². The zero-order chi connectivity index (χ0) is 14.9. The molecule has 0 aliphatic carbocycles. The summed E-state index contributed by atoms with van der Waals surface area (Å²) in [6.07, 6.45) is 1.37. The van der Waals surface area contributed by atoms with Crippen LogP contribution in [-0.2, 0) is 10.0 Å². The van der Waals surface area contributed by atoms with Gasteiger partial charge in [0.05, 0.1) is 7.11 Å². The number of hydrogen-bond donors (Lipinski definition) is 1. The van der Waals surface area contributed by atoms with Gasteiger partial charge in [-0.3, -0.25) is 0 Å². The van der Waals surface area contributed by atoms with Crippen molar-refractivity contribution in [2.24, 2.45) is 5.73 Å². The van der Waals surface area contributed by atoms with Crippen molar-refractivity contribution >= 4 is 26.0 Å². The fourth-order valence-corrected chi connectivity index (χ4v) is 5.08. The van der Waals surface area contributed by atoms with Crippen LogP contribution >= 0.6 is 15.9 Å². The number of piperidine rings is 1. The molecule has 1 saturated heterocycles. The number of nitrogens with zero attached hydrogens (tertiary/aromatic N) is 1. The van der Waals surface area contributed by atoms with Gasteiger partial charge in [-0.05, 0) is 47.8 Å². The maximum absolute atomic E-state index is 12.8. The van der Waals surface area contributed by atoms with Crippen molar-refractivity contribution in [2.75, 3.05) is 13.7 Å². The molecular formula is C13H19BrN2O3S. The maximum Gasteiger partial charge on any atom is 0.244 e. The number of sulfonamides is 1. The van der Waals surface area contributed by atoms with Crippen LogP contribution in [0.4, 0.5) is 0 Å². The summed E-state index contributed by atoms with van der Waals surface area (Å²) in [5, 5.41) is 0. The average Bonchev–Trinajstić information content (AvgIpc) is 2.38. The van der Waals surface area contributed by atoms with Crippen molar-refractivity contribution in [2.45, 2.75) is 36.7 Å². The number of nitrogens with two attached hydrogens (primary N) is 1. The summed E-state index contributed by atoms with van der Waals surface area (Å²) in [5.41, 5.74) is 5.89. The van der Waals surface area contributed by atoms with Gasteiger partial charge >= 0.3 is 0 Å². The van der Waals surface area contributed by atoms with Crippen LogP contribution in [0.5, 0.6) is 5.75 Å². The van der Waals surface area contributed by atoms with Gasteiger partial charge in [0.2, 0.25) is 10.0 Å². The average molecular weight is 363 g/mol. The minimum atomic E-state index is -3.55. The smallest absolute Gasteiger partial charge is 0.244 e. The van der Waals surface area contributed by atoms with Crippen molar-refractivity contribution in [1.29, 1.82) is 0 Å². The van der Waals surface area contributed by atoms with E-state index in [-0.39, 0.29) is 17.0 Å². The van der Waals surface area contributed by atoms with E-state index in [1.54, 1.807) is 18.2 Å². The summed E-state index contributed by atoms with van der Waals surface area (Å²) in [6, 6.07) is 4.93. The van der Waals surface area contributed by atoms with E-state index in [1.807, 2.05) is 6.92 Å². The molecule has 0 saturated carbocycles. The first kappa shape index (κ1) is 15.8. The predicted molar refractivity (Wildman–Crippen MR) is 81.3 cm³/mol. The lowest BCUT2D eigenvalue weighted by atomic mass is 10.0. The first-order valence-electron chi connectivity index (χ1n) is 6.47. The lowest BCUT2D eigenvalue weighted by Gasteiger charge is -2.35. The summed E-state index contributed by atoms with van der Waals surface area (Å²) >= 11 is 3.31. The van der Waals surface area contributed by atoms with Gasteiger partial charge in [0.25, 0.3) is 0 Å². The molecule has 1 aromatic carbocycles. The van der Waals surface area contributed by atoms with E-state index >= 15 is 0 Å². The predicted octanol–water partition coefficient (Wildman–Crippen LogP) is 1.96. The molecule has 1 aliphatic rings. The van der Waals surface area contributed by atoms with Gasteiger partial charge in [-0.1, -0.05) is 0 Å². The molecule has 7 heteroatoms. The van der Waals surface area contributed by atoms with Gasteiger partial charge in [0.1, 0.15) is 10.6 Å². The van der Waals surface area contributed by atoms with Crippen LogP contribution in [0.25, 0.3) is 0 Å². The lowest BCUT2D eigenvalue weighted by Crippen LogP contribution is -2.48. The zero-order valence-electron chi connectivity index (χ0n) is 11.5. The highest BCUT2D eigenvalue weighted by atomic mass is 79.9. The largest absolute Gasteiger partial charge is 0.497 e. The second-order valence-electron chi connectivity index (χ2n) is 5.05. The van der Waals surface area contributed by atoms with Crippen LogP contribution < -0.4 is 10.5 Å². The second kappa shape index (κ2) is 6.01. The molecule has 0 spiro atoms. The molecule has 0 radical (unpaired) electrons. The van der Waals surface area contributed by atoms with E-state index in [9.17, 15) is 8.42 Å². The van der Waals surface area contributed by atoms with E-state index in [0.717, 1.165) is 0 Å². The Morgan fingerprint density at radius 2 is 2.15 bits per heavy atom. The van der Waals surface area contributed by atoms with E-state index < -0.39 is 10.0 Å². The molecule has 1 aliphatic heterocycles. The van der Waals surface area contributed by atoms with Crippen molar-refractivity contribution < 1.29 is 13.2 Å². The van der Waals surface area contributed by atoms with Crippen LogP contribution in [0.15, 0.2) is 27.6 Å². The third kappa shape index (κ3) is 3.00. The molecule has 1 heterocycles. The summed E-state index contributed by atoms with van der Waals surface area (Å²) in [7, 11) is -2.03. The van der Waals surface area contributed by atoms with Gasteiger partial charge in [0, 0.05) is 29.2 Å². The fourth-order valence-electron chi connectivity index (χ4n) is 2.48. The van der Waals surface area contributed by atoms with E-state index in [0.29, 0.717) is 29.6 Å². The van der Waals surface area contributed by atoms with E-state index in [4.69, 9.17) is 10.5 Å². The molecule has 2 atom stereocenters. The summed E-state index contributed by atoms with van der Waals surface area (Å²) in [5.74, 6) is 0.521. The standard InChI is InChI=1S/C13H19BrN2O3S/c1-9-7-10(15)5-6-16(9)20(17,18)13-8-11(19-2)3-4-12(13)14/h3-4,8-10H,5-7,15H2,1-2H3/t9-,10+/m0/s1. The Morgan fingerprint density at radius 3 is 2.75 bits per heavy atom. The van der Waals surface area contributed by atoms with Gasteiger partial charge in [-0.25, -0.2) is 8.42 Å². The van der Waals surface area contributed by atoms with Crippen LogP contribution in [-0.4, -0.2) is 38.5 Å². The van der Waals surface area contributed by atoms with Crippen LogP contribution in [0, 0.1) is 0 Å². The Bertz CT molecular complexity index is 591. The van der Waals surface area contributed by atoms with Crippen molar-refractivity contribution in [3.63, 3.8) is 0 Å². The fraction of sp³-hybridized carbons (Fsp3) is 0.538. The number of ether oxygens (including phenoxy) is 1. The topological polar surface area (TPSA) is 72.6 Å². The quantitative estimate of drug-likeness (QED) is 0.891. The Hall–Kier alpha value is -0.630. The highest BCUT2D eigenvalue weighted by molar-refractivity contribution is 9.10. The number of hydrogen-bond acceptors (Lipinski definition) is 4. The monoisotopic (exact) mass is 362 g/mol. The highest BCUT2D eigenvalue weighted by Gasteiger charge is 2.34. The summed E-state index contributed by atoms with van der Waals surface area (Å²) < 4.78 is 32.8. The Labute approximate surface area is 128 Å². The molecule has 2 N–H and O–H groups in total. The van der Waals surface area contributed by atoms with Crippen molar-refractivity contribution in [1.82, 2.24) is 4.31 Å². The number of rotatable bonds is 3. The summed E-state index contributed by atoms with van der Waals surface area (Å²) in [6.45, 7) is 2.35. The zero-order valence-corrected chi connectivity index (χ0v) is 13.9.